The summed E-state index contributed by atoms with van der Waals surface area (Å²) in [6.07, 6.45) is 6.11. The zero-order valence-corrected chi connectivity index (χ0v) is 12.4. The second-order valence-corrected chi connectivity index (χ2v) is 6.46. The van der Waals surface area contributed by atoms with Crippen molar-refractivity contribution >= 4 is 0 Å². The lowest BCUT2D eigenvalue weighted by Crippen LogP contribution is -2.32. The summed E-state index contributed by atoms with van der Waals surface area (Å²) in [4.78, 5) is 9.48. The Morgan fingerprint density at radius 1 is 1.14 bits per heavy atom. The second kappa shape index (κ2) is 4.95. The number of nitrogens with zero attached hydrogens (tertiary/aromatic N) is 3. The zero-order chi connectivity index (χ0) is 14.4. The molecule has 21 heavy (non-hydrogen) atoms. The van der Waals surface area contributed by atoms with Crippen molar-refractivity contribution in [3.8, 4) is 11.4 Å². The average molecular weight is 283 g/mol. The molecule has 1 fully saturated rings. The van der Waals surface area contributed by atoms with Crippen LogP contribution in [0.4, 0.5) is 0 Å². The van der Waals surface area contributed by atoms with Crippen LogP contribution in [0.2, 0.25) is 0 Å². The van der Waals surface area contributed by atoms with Gasteiger partial charge in [0.1, 0.15) is 11.5 Å². The van der Waals surface area contributed by atoms with Crippen LogP contribution in [0, 0.1) is 12.8 Å². The van der Waals surface area contributed by atoms with Crippen LogP contribution in [0.3, 0.4) is 0 Å². The standard InChI is InChI=1S/C17H21N3O/c1-11-3-2-4-15(18-11)16-10-20-8-7-12-9-13(21)5-6-14(12)17(20)19-16/h2-4,10,12-14,21H,5-9H2,1H3/t12-,13?,14?/m0/s1. The van der Waals surface area contributed by atoms with Gasteiger partial charge in [0.2, 0.25) is 0 Å². The van der Waals surface area contributed by atoms with E-state index >= 15 is 0 Å². The summed E-state index contributed by atoms with van der Waals surface area (Å²) in [7, 11) is 0. The molecule has 1 aliphatic carbocycles. The van der Waals surface area contributed by atoms with Gasteiger partial charge in [-0.05, 0) is 50.7 Å². The van der Waals surface area contributed by atoms with Crippen LogP contribution < -0.4 is 0 Å². The highest BCUT2D eigenvalue weighted by Gasteiger charge is 2.36. The van der Waals surface area contributed by atoms with Crippen LogP contribution in [-0.2, 0) is 6.54 Å². The van der Waals surface area contributed by atoms with Crippen molar-refractivity contribution < 1.29 is 5.11 Å². The van der Waals surface area contributed by atoms with Crippen molar-refractivity contribution in [2.45, 2.75) is 51.2 Å². The third kappa shape index (κ3) is 2.27. The summed E-state index contributed by atoms with van der Waals surface area (Å²) < 4.78 is 2.30. The molecule has 1 saturated carbocycles. The van der Waals surface area contributed by atoms with E-state index in [1.807, 2.05) is 25.1 Å². The number of aryl methyl sites for hydroxylation is 2. The minimum atomic E-state index is -0.106. The highest BCUT2D eigenvalue weighted by atomic mass is 16.3. The molecule has 4 nitrogen and oxygen atoms in total. The number of imidazole rings is 1. The Bertz CT molecular complexity index is 664. The minimum absolute atomic E-state index is 0.106. The summed E-state index contributed by atoms with van der Waals surface area (Å²) in [5, 5.41) is 9.87. The number of pyridine rings is 1. The van der Waals surface area contributed by atoms with Crippen LogP contribution in [0.5, 0.6) is 0 Å². The van der Waals surface area contributed by atoms with Crippen molar-refractivity contribution in [2.24, 2.45) is 5.92 Å². The summed E-state index contributed by atoms with van der Waals surface area (Å²) in [6.45, 7) is 3.03. The Balaban J connectivity index is 1.70. The van der Waals surface area contributed by atoms with Gasteiger partial charge in [-0.3, -0.25) is 4.98 Å². The summed E-state index contributed by atoms with van der Waals surface area (Å²) in [5.41, 5.74) is 2.97. The van der Waals surface area contributed by atoms with E-state index < -0.39 is 0 Å². The van der Waals surface area contributed by atoms with E-state index in [1.54, 1.807) is 0 Å². The Labute approximate surface area is 124 Å². The molecule has 4 heteroatoms. The predicted octanol–water partition coefficient (Wildman–Crippen LogP) is 2.90. The van der Waals surface area contributed by atoms with E-state index in [0.29, 0.717) is 11.8 Å². The lowest BCUT2D eigenvalue weighted by molar-refractivity contribution is 0.0748. The molecule has 110 valence electrons. The van der Waals surface area contributed by atoms with Crippen LogP contribution in [0.25, 0.3) is 11.4 Å². The minimum Gasteiger partial charge on any atom is -0.393 e. The van der Waals surface area contributed by atoms with Crippen LogP contribution in [-0.4, -0.2) is 25.7 Å². The van der Waals surface area contributed by atoms with Gasteiger partial charge in [-0.1, -0.05) is 6.07 Å². The fourth-order valence-electron chi connectivity index (χ4n) is 3.92. The predicted molar refractivity (Wildman–Crippen MR) is 80.9 cm³/mol. The number of rotatable bonds is 1. The first kappa shape index (κ1) is 13.0. The first-order valence-electron chi connectivity index (χ1n) is 7.90. The molecule has 2 unspecified atom stereocenters. The lowest BCUT2D eigenvalue weighted by Gasteiger charge is -2.37. The topological polar surface area (TPSA) is 50.9 Å². The van der Waals surface area contributed by atoms with E-state index in [4.69, 9.17) is 4.98 Å². The molecule has 1 N–H and O–H groups in total. The highest BCUT2D eigenvalue weighted by molar-refractivity contribution is 5.54. The largest absolute Gasteiger partial charge is 0.393 e. The smallest absolute Gasteiger partial charge is 0.112 e. The SMILES string of the molecule is Cc1cccc(-c2cn3c(n2)C2CCC(O)C[C@@H]2CC3)n1. The lowest BCUT2D eigenvalue weighted by atomic mass is 9.74. The van der Waals surface area contributed by atoms with Gasteiger partial charge in [0.15, 0.2) is 0 Å². The molecule has 4 rings (SSSR count). The highest BCUT2D eigenvalue weighted by Crippen LogP contribution is 2.43. The maximum absolute atomic E-state index is 9.87. The first-order chi connectivity index (χ1) is 10.2. The Morgan fingerprint density at radius 2 is 2.05 bits per heavy atom. The van der Waals surface area contributed by atoms with Gasteiger partial charge in [-0.2, -0.15) is 0 Å². The molecule has 2 aromatic rings. The molecule has 0 saturated heterocycles. The van der Waals surface area contributed by atoms with Crippen molar-refractivity contribution in [1.82, 2.24) is 14.5 Å². The molecular weight excluding hydrogens is 262 g/mol. The third-order valence-electron chi connectivity index (χ3n) is 4.99. The van der Waals surface area contributed by atoms with Gasteiger partial charge < -0.3 is 9.67 Å². The van der Waals surface area contributed by atoms with Crippen molar-refractivity contribution in [1.29, 1.82) is 0 Å². The maximum Gasteiger partial charge on any atom is 0.112 e. The van der Waals surface area contributed by atoms with Gasteiger partial charge in [-0.25, -0.2) is 4.98 Å². The first-order valence-corrected chi connectivity index (χ1v) is 7.90. The van der Waals surface area contributed by atoms with Crippen LogP contribution in [0.1, 0.15) is 43.1 Å². The summed E-state index contributed by atoms with van der Waals surface area (Å²) in [6, 6.07) is 6.08. The van der Waals surface area contributed by atoms with E-state index in [1.165, 1.54) is 5.82 Å². The number of hydrogen-bond acceptors (Lipinski definition) is 3. The molecule has 0 amide bonds. The molecule has 3 atom stereocenters. The molecule has 0 radical (unpaired) electrons. The summed E-state index contributed by atoms with van der Waals surface area (Å²) in [5.74, 6) is 2.32. The van der Waals surface area contributed by atoms with Crippen molar-refractivity contribution in [2.75, 3.05) is 0 Å². The molecule has 1 aliphatic heterocycles. The molecule has 2 aliphatic rings. The van der Waals surface area contributed by atoms with Gasteiger partial charge >= 0.3 is 0 Å². The fourth-order valence-corrected chi connectivity index (χ4v) is 3.92. The fraction of sp³-hybridized carbons (Fsp3) is 0.529. The van der Waals surface area contributed by atoms with Crippen LogP contribution >= 0.6 is 0 Å². The van der Waals surface area contributed by atoms with E-state index in [0.717, 1.165) is 49.3 Å². The van der Waals surface area contributed by atoms with E-state index in [2.05, 4.69) is 15.7 Å². The van der Waals surface area contributed by atoms with Crippen molar-refractivity contribution in [3.63, 3.8) is 0 Å². The molecule has 0 aromatic carbocycles. The van der Waals surface area contributed by atoms with Gasteiger partial charge in [0.05, 0.1) is 11.8 Å². The molecule has 3 heterocycles. The third-order valence-corrected chi connectivity index (χ3v) is 4.99. The van der Waals surface area contributed by atoms with Gasteiger partial charge in [0, 0.05) is 24.4 Å². The van der Waals surface area contributed by atoms with Crippen molar-refractivity contribution in [3.05, 3.63) is 35.9 Å². The molecule has 0 bridgehead atoms. The van der Waals surface area contributed by atoms with Gasteiger partial charge in [-0.15, -0.1) is 0 Å². The number of aliphatic hydroxyl groups excluding tert-OH is 1. The zero-order valence-electron chi connectivity index (χ0n) is 12.4. The second-order valence-electron chi connectivity index (χ2n) is 6.46. The van der Waals surface area contributed by atoms with E-state index in [-0.39, 0.29) is 6.10 Å². The monoisotopic (exact) mass is 283 g/mol. The Kier molecular flexibility index (Phi) is 3.07. The molecule has 2 aromatic heterocycles. The maximum atomic E-state index is 9.87. The molecule has 0 spiro atoms. The Hall–Kier alpha value is -1.68. The van der Waals surface area contributed by atoms with Gasteiger partial charge in [0.25, 0.3) is 0 Å². The number of fused-ring (bicyclic) bond motifs is 3. The number of aromatic nitrogens is 3. The quantitative estimate of drug-likeness (QED) is 0.875. The molecular formula is C17H21N3O. The normalized spacial score (nSPS) is 28.0. The summed E-state index contributed by atoms with van der Waals surface area (Å²) >= 11 is 0. The number of aliphatic hydroxyl groups is 1. The Morgan fingerprint density at radius 3 is 2.90 bits per heavy atom. The number of hydrogen-bond donors (Lipinski definition) is 1. The average Bonchev–Trinajstić information content (AvgIpc) is 2.91. The van der Waals surface area contributed by atoms with Crippen LogP contribution in [0.15, 0.2) is 24.4 Å². The van der Waals surface area contributed by atoms with E-state index in [9.17, 15) is 5.11 Å².